The molecule has 114 valence electrons. The van der Waals surface area contributed by atoms with Gasteiger partial charge in [0.1, 0.15) is 0 Å². The molecular formula is C19H17N3O. The number of anilines is 1. The van der Waals surface area contributed by atoms with Crippen LogP contribution < -0.4 is 5.73 Å². The minimum Gasteiger partial charge on any atom is -0.398 e. The van der Waals surface area contributed by atoms with E-state index in [0.717, 1.165) is 27.5 Å². The fourth-order valence-corrected chi connectivity index (χ4v) is 3.26. The topological polar surface area (TPSA) is 52.9 Å². The van der Waals surface area contributed by atoms with Crippen molar-refractivity contribution in [3.05, 3.63) is 66.0 Å². The molecule has 0 aliphatic rings. The Morgan fingerprint density at radius 1 is 1.00 bits per heavy atom. The molecule has 0 atom stereocenters. The number of carbonyl (C=O) groups is 1. The van der Waals surface area contributed by atoms with Gasteiger partial charge in [0.05, 0.1) is 5.52 Å². The van der Waals surface area contributed by atoms with E-state index < -0.39 is 0 Å². The fraction of sp³-hybridized carbons (Fsp3) is 0.105. The summed E-state index contributed by atoms with van der Waals surface area (Å²) in [6, 6.07) is 15.4. The Hall–Kier alpha value is -3.01. The van der Waals surface area contributed by atoms with E-state index in [9.17, 15) is 4.79 Å². The van der Waals surface area contributed by atoms with Crippen LogP contribution in [0, 0.1) is 6.92 Å². The smallest absolute Gasteiger partial charge is 0.263 e. The van der Waals surface area contributed by atoms with Crippen LogP contribution in [0.2, 0.25) is 0 Å². The molecule has 0 amide bonds. The predicted molar refractivity (Wildman–Crippen MR) is 93.7 cm³/mol. The maximum absolute atomic E-state index is 13.2. The molecule has 4 heteroatoms. The molecule has 4 rings (SSSR count). The SMILES string of the molecule is Cc1cc2c(N)cccc2n1C(=O)c1cccc2c1ccn2C. The minimum atomic E-state index is -0.0279. The van der Waals surface area contributed by atoms with E-state index in [-0.39, 0.29) is 5.91 Å². The second-order valence-electron chi connectivity index (χ2n) is 5.87. The Kier molecular flexibility index (Phi) is 2.81. The van der Waals surface area contributed by atoms with Gasteiger partial charge in [-0.2, -0.15) is 0 Å². The van der Waals surface area contributed by atoms with Gasteiger partial charge in [0, 0.05) is 46.5 Å². The third-order valence-electron chi connectivity index (χ3n) is 4.43. The molecule has 2 aromatic heterocycles. The van der Waals surface area contributed by atoms with Gasteiger partial charge in [-0.3, -0.25) is 9.36 Å². The monoisotopic (exact) mass is 303 g/mol. The third kappa shape index (κ3) is 1.88. The Balaban J connectivity index is 1.99. The van der Waals surface area contributed by atoms with E-state index in [1.807, 2.05) is 73.3 Å². The molecule has 0 saturated heterocycles. The highest BCUT2D eigenvalue weighted by Crippen LogP contribution is 2.27. The Morgan fingerprint density at radius 2 is 1.74 bits per heavy atom. The van der Waals surface area contributed by atoms with E-state index in [0.29, 0.717) is 11.3 Å². The summed E-state index contributed by atoms with van der Waals surface area (Å²) >= 11 is 0. The Morgan fingerprint density at radius 3 is 2.57 bits per heavy atom. The van der Waals surface area contributed by atoms with Crippen LogP contribution in [-0.2, 0) is 7.05 Å². The van der Waals surface area contributed by atoms with Crippen molar-refractivity contribution >= 4 is 33.4 Å². The molecule has 0 bridgehead atoms. The zero-order valence-corrected chi connectivity index (χ0v) is 13.1. The molecule has 23 heavy (non-hydrogen) atoms. The molecule has 4 aromatic rings. The van der Waals surface area contributed by atoms with Crippen molar-refractivity contribution in [2.75, 3.05) is 5.73 Å². The third-order valence-corrected chi connectivity index (χ3v) is 4.43. The van der Waals surface area contributed by atoms with Crippen LogP contribution in [0.15, 0.2) is 54.7 Å². The zero-order chi connectivity index (χ0) is 16.1. The van der Waals surface area contributed by atoms with Crippen molar-refractivity contribution in [2.45, 2.75) is 6.92 Å². The van der Waals surface area contributed by atoms with Gasteiger partial charge in [0.15, 0.2) is 0 Å². The molecule has 2 heterocycles. The van der Waals surface area contributed by atoms with Crippen molar-refractivity contribution in [3.63, 3.8) is 0 Å². The number of aromatic nitrogens is 2. The van der Waals surface area contributed by atoms with Crippen molar-refractivity contribution in [1.29, 1.82) is 0 Å². The predicted octanol–water partition coefficient (Wildman–Crippen LogP) is 3.71. The largest absolute Gasteiger partial charge is 0.398 e. The first-order valence-electron chi connectivity index (χ1n) is 7.53. The van der Waals surface area contributed by atoms with Gasteiger partial charge < -0.3 is 10.3 Å². The number of hydrogen-bond acceptors (Lipinski definition) is 2. The van der Waals surface area contributed by atoms with E-state index >= 15 is 0 Å². The van der Waals surface area contributed by atoms with Crippen LogP contribution in [0.25, 0.3) is 21.8 Å². The van der Waals surface area contributed by atoms with Crippen molar-refractivity contribution in [3.8, 4) is 0 Å². The van der Waals surface area contributed by atoms with E-state index in [4.69, 9.17) is 5.73 Å². The molecule has 2 N–H and O–H groups in total. The molecule has 0 aliphatic carbocycles. The summed E-state index contributed by atoms with van der Waals surface area (Å²) < 4.78 is 3.76. The number of benzene rings is 2. The van der Waals surface area contributed by atoms with Gasteiger partial charge in [-0.25, -0.2) is 0 Å². The van der Waals surface area contributed by atoms with E-state index in [1.54, 1.807) is 4.57 Å². The van der Waals surface area contributed by atoms with Crippen molar-refractivity contribution < 1.29 is 4.79 Å². The Labute approximate surface area is 133 Å². The van der Waals surface area contributed by atoms with Gasteiger partial charge in [-0.1, -0.05) is 12.1 Å². The van der Waals surface area contributed by atoms with Crippen LogP contribution in [0.1, 0.15) is 16.1 Å². The summed E-state index contributed by atoms with van der Waals surface area (Å²) in [5.41, 5.74) is 10.2. The lowest BCUT2D eigenvalue weighted by Crippen LogP contribution is -2.13. The molecule has 2 aromatic carbocycles. The van der Waals surface area contributed by atoms with Crippen LogP contribution in [-0.4, -0.2) is 15.0 Å². The number of rotatable bonds is 1. The van der Waals surface area contributed by atoms with Gasteiger partial charge in [-0.15, -0.1) is 0 Å². The molecule has 0 radical (unpaired) electrons. The normalized spacial score (nSPS) is 11.4. The summed E-state index contributed by atoms with van der Waals surface area (Å²) in [4.78, 5) is 13.2. The number of fused-ring (bicyclic) bond motifs is 2. The molecule has 0 fully saturated rings. The maximum Gasteiger partial charge on any atom is 0.263 e. The molecule has 0 unspecified atom stereocenters. The number of nitrogens with zero attached hydrogens (tertiary/aromatic N) is 2. The lowest BCUT2D eigenvalue weighted by Gasteiger charge is -2.09. The Bertz CT molecular complexity index is 1070. The molecule has 0 spiro atoms. The van der Waals surface area contributed by atoms with Crippen LogP contribution in [0.5, 0.6) is 0 Å². The average molecular weight is 303 g/mol. The summed E-state index contributed by atoms with van der Waals surface area (Å²) in [6.45, 7) is 1.93. The highest BCUT2D eigenvalue weighted by molar-refractivity contribution is 6.11. The first-order valence-corrected chi connectivity index (χ1v) is 7.53. The van der Waals surface area contributed by atoms with E-state index in [2.05, 4.69) is 0 Å². The maximum atomic E-state index is 13.2. The lowest BCUT2D eigenvalue weighted by molar-refractivity contribution is 0.0965. The summed E-state index contributed by atoms with van der Waals surface area (Å²) in [6.07, 6.45) is 1.97. The number of nitrogen functional groups attached to an aromatic ring is 1. The number of hydrogen-bond donors (Lipinski definition) is 1. The first-order chi connectivity index (χ1) is 11.1. The quantitative estimate of drug-likeness (QED) is 0.545. The molecular weight excluding hydrogens is 286 g/mol. The standard InChI is InChI=1S/C19H17N3O/c1-12-11-15-16(20)6-4-8-18(15)22(12)19(23)14-5-3-7-17-13(14)9-10-21(17)2/h3-11H,20H2,1-2H3. The van der Waals surface area contributed by atoms with Crippen molar-refractivity contribution in [1.82, 2.24) is 9.13 Å². The van der Waals surface area contributed by atoms with Gasteiger partial charge in [-0.05, 0) is 43.3 Å². The van der Waals surface area contributed by atoms with E-state index in [1.165, 1.54) is 0 Å². The fourth-order valence-electron chi connectivity index (χ4n) is 3.26. The zero-order valence-electron chi connectivity index (χ0n) is 13.1. The molecule has 0 saturated carbocycles. The molecule has 4 nitrogen and oxygen atoms in total. The van der Waals surface area contributed by atoms with Gasteiger partial charge in [0.25, 0.3) is 5.91 Å². The van der Waals surface area contributed by atoms with Crippen molar-refractivity contribution in [2.24, 2.45) is 7.05 Å². The lowest BCUT2D eigenvalue weighted by atomic mass is 10.1. The summed E-state index contributed by atoms with van der Waals surface area (Å²) in [7, 11) is 1.98. The van der Waals surface area contributed by atoms with Gasteiger partial charge >= 0.3 is 0 Å². The van der Waals surface area contributed by atoms with Crippen LogP contribution in [0.4, 0.5) is 5.69 Å². The first kappa shape index (κ1) is 13.6. The number of aryl methyl sites for hydroxylation is 2. The summed E-state index contributed by atoms with van der Waals surface area (Å²) in [5.74, 6) is -0.0279. The second-order valence-corrected chi connectivity index (χ2v) is 5.87. The number of nitrogens with two attached hydrogens (primary N) is 1. The van der Waals surface area contributed by atoms with Crippen LogP contribution in [0.3, 0.4) is 0 Å². The molecule has 0 aliphatic heterocycles. The summed E-state index contributed by atoms with van der Waals surface area (Å²) in [5, 5.41) is 1.88. The average Bonchev–Trinajstić information content (AvgIpc) is 3.08. The highest BCUT2D eigenvalue weighted by Gasteiger charge is 2.18. The second kappa shape index (κ2) is 4.74. The highest BCUT2D eigenvalue weighted by atomic mass is 16.2. The number of carbonyl (C=O) groups excluding carboxylic acids is 1. The minimum absolute atomic E-state index is 0.0279. The van der Waals surface area contributed by atoms with Crippen LogP contribution >= 0.6 is 0 Å². The van der Waals surface area contributed by atoms with Gasteiger partial charge in [0.2, 0.25) is 0 Å².